The minimum atomic E-state index is -1.34. The zero-order valence-corrected chi connectivity index (χ0v) is 11.7. The lowest BCUT2D eigenvalue weighted by Gasteiger charge is -2.22. The SMILES string of the molecule is COC(=O)CC(O)C(O)c1ccccc1C1(C(=O)O)CC1. The summed E-state index contributed by atoms with van der Waals surface area (Å²) in [5, 5.41) is 29.5. The lowest BCUT2D eigenvalue weighted by Crippen LogP contribution is -2.27. The van der Waals surface area contributed by atoms with Gasteiger partial charge in [-0.1, -0.05) is 24.3 Å². The number of aliphatic hydroxyl groups is 2. The van der Waals surface area contributed by atoms with E-state index in [4.69, 9.17) is 0 Å². The van der Waals surface area contributed by atoms with Gasteiger partial charge in [-0.05, 0) is 24.0 Å². The highest BCUT2D eigenvalue weighted by molar-refractivity contribution is 5.85. The smallest absolute Gasteiger partial charge is 0.314 e. The van der Waals surface area contributed by atoms with Crippen molar-refractivity contribution in [2.75, 3.05) is 7.11 Å². The predicted molar refractivity (Wildman–Crippen MR) is 72.6 cm³/mol. The minimum absolute atomic E-state index is 0.341. The number of carboxylic acid groups (broad SMARTS) is 1. The van der Waals surface area contributed by atoms with E-state index in [1.807, 2.05) is 0 Å². The number of benzene rings is 1. The molecule has 2 rings (SSSR count). The molecule has 1 aliphatic rings. The zero-order valence-electron chi connectivity index (χ0n) is 11.7. The fraction of sp³-hybridized carbons (Fsp3) is 0.467. The largest absolute Gasteiger partial charge is 0.481 e. The summed E-state index contributed by atoms with van der Waals surface area (Å²) in [6.45, 7) is 0. The summed E-state index contributed by atoms with van der Waals surface area (Å²) in [6, 6.07) is 6.57. The van der Waals surface area contributed by atoms with Crippen LogP contribution in [0.5, 0.6) is 0 Å². The normalized spacial score (nSPS) is 18.6. The van der Waals surface area contributed by atoms with Crippen LogP contribution in [0, 0.1) is 0 Å². The van der Waals surface area contributed by atoms with Crippen molar-refractivity contribution in [1.29, 1.82) is 0 Å². The van der Waals surface area contributed by atoms with Crippen LogP contribution in [0.15, 0.2) is 24.3 Å². The molecule has 6 nitrogen and oxygen atoms in total. The molecule has 0 spiro atoms. The van der Waals surface area contributed by atoms with E-state index in [1.165, 1.54) is 7.11 Å². The number of esters is 1. The molecule has 0 aliphatic heterocycles. The van der Waals surface area contributed by atoms with E-state index >= 15 is 0 Å². The minimum Gasteiger partial charge on any atom is -0.481 e. The molecule has 0 amide bonds. The third-order valence-corrected chi connectivity index (χ3v) is 3.92. The van der Waals surface area contributed by atoms with Gasteiger partial charge in [0, 0.05) is 0 Å². The average Bonchev–Trinajstić information content (AvgIpc) is 3.28. The van der Waals surface area contributed by atoms with Crippen molar-refractivity contribution in [2.45, 2.75) is 36.9 Å². The van der Waals surface area contributed by atoms with E-state index in [1.54, 1.807) is 24.3 Å². The molecule has 0 aromatic heterocycles. The summed E-state index contributed by atoms with van der Waals surface area (Å²) >= 11 is 0. The monoisotopic (exact) mass is 294 g/mol. The van der Waals surface area contributed by atoms with Crippen LogP contribution >= 0.6 is 0 Å². The topological polar surface area (TPSA) is 104 Å². The molecule has 21 heavy (non-hydrogen) atoms. The number of aliphatic carboxylic acids is 1. The Balaban J connectivity index is 2.28. The van der Waals surface area contributed by atoms with Crippen LogP contribution in [-0.2, 0) is 19.7 Å². The van der Waals surface area contributed by atoms with Crippen molar-refractivity contribution in [3.05, 3.63) is 35.4 Å². The fourth-order valence-corrected chi connectivity index (χ4v) is 2.49. The molecule has 1 saturated carbocycles. The summed E-state index contributed by atoms with van der Waals surface area (Å²) in [5.74, 6) is -1.58. The number of carbonyl (C=O) groups is 2. The highest BCUT2D eigenvalue weighted by Crippen LogP contribution is 2.50. The Morgan fingerprint density at radius 1 is 1.29 bits per heavy atom. The Morgan fingerprint density at radius 3 is 2.43 bits per heavy atom. The van der Waals surface area contributed by atoms with Crippen LogP contribution in [-0.4, -0.2) is 40.5 Å². The molecule has 6 heteroatoms. The van der Waals surface area contributed by atoms with Gasteiger partial charge in [0.25, 0.3) is 0 Å². The second-order valence-corrected chi connectivity index (χ2v) is 5.27. The maximum Gasteiger partial charge on any atom is 0.314 e. The molecule has 2 atom stereocenters. The van der Waals surface area contributed by atoms with Gasteiger partial charge in [0.05, 0.1) is 25.0 Å². The first kappa shape index (κ1) is 15.5. The Bertz CT molecular complexity index is 549. The molecular weight excluding hydrogens is 276 g/mol. The van der Waals surface area contributed by atoms with E-state index in [-0.39, 0.29) is 6.42 Å². The maximum absolute atomic E-state index is 11.4. The van der Waals surface area contributed by atoms with E-state index < -0.39 is 29.6 Å². The number of aliphatic hydroxyl groups excluding tert-OH is 2. The van der Waals surface area contributed by atoms with E-state index in [0.29, 0.717) is 24.0 Å². The van der Waals surface area contributed by atoms with Crippen LogP contribution in [0.3, 0.4) is 0 Å². The number of carboxylic acids is 1. The van der Waals surface area contributed by atoms with Gasteiger partial charge >= 0.3 is 11.9 Å². The average molecular weight is 294 g/mol. The second kappa shape index (κ2) is 5.83. The predicted octanol–water partition coefficient (Wildman–Crippen LogP) is 0.760. The maximum atomic E-state index is 11.4. The van der Waals surface area contributed by atoms with Gasteiger partial charge in [0.1, 0.15) is 6.10 Å². The van der Waals surface area contributed by atoms with Gasteiger partial charge < -0.3 is 20.1 Å². The molecule has 1 aliphatic carbocycles. The molecule has 2 unspecified atom stereocenters. The van der Waals surface area contributed by atoms with Gasteiger partial charge in [-0.2, -0.15) is 0 Å². The summed E-state index contributed by atoms with van der Waals surface area (Å²) in [6.07, 6.45) is -2.04. The van der Waals surface area contributed by atoms with Crippen LogP contribution < -0.4 is 0 Å². The van der Waals surface area contributed by atoms with E-state index in [0.717, 1.165) is 0 Å². The number of hydrogen-bond acceptors (Lipinski definition) is 5. The lowest BCUT2D eigenvalue weighted by molar-refractivity contribution is -0.145. The van der Waals surface area contributed by atoms with Crippen LogP contribution in [0.25, 0.3) is 0 Å². The molecule has 3 N–H and O–H groups in total. The molecule has 114 valence electrons. The van der Waals surface area contributed by atoms with Crippen molar-refractivity contribution < 1.29 is 29.6 Å². The molecule has 1 aromatic carbocycles. The first-order chi connectivity index (χ1) is 9.92. The molecule has 0 heterocycles. The Morgan fingerprint density at radius 2 is 1.90 bits per heavy atom. The number of hydrogen-bond donors (Lipinski definition) is 3. The first-order valence-corrected chi connectivity index (χ1v) is 6.68. The quantitative estimate of drug-likeness (QED) is 0.669. The number of methoxy groups -OCH3 is 1. The standard InChI is InChI=1S/C15H18O6/c1-21-12(17)8-11(16)13(18)9-4-2-3-5-10(9)15(6-7-15)14(19)20/h2-5,11,13,16,18H,6-8H2,1H3,(H,19,20). The van der Waals surface area contributed by atoms with Gasteiger partial charge in [-0.3, -0.25) is 9.59 Å². The van der Waals surface area contributed by atoms with Crippen molar-refractivity contribution in [3.63, 3.8) is 0 Å². The van der Waals surface area contributed by atoms with Crippen LogP contribution in [0.2, 0.25) is 0 Å². The summed E-state index contributed by atoms with van der Waals surface area (Å²) < 4.78 is 4.45. The fourth-order valence-electron chi connectivity index (χ4n) is 2.49. The van der Waals surface area contributed by atoms with Gasteiger partial charge in [0.15, 0.2) is 0 Å². The molecule has 0 bridgehead atoms. The third-order valence-electron chi connectivity index (χ3n) is 3.92. The zero-order chi connectivity index (χ0) is 15.6. The lowest BCUT2D eigenvalue weighted by atomic mass is 9.87. The summed E-state index contributed by atoms with van der Waals surface area (Å²) in [7, 11) is 1.19. The highest BCUT2D eigenvalue weighted by atomic mass is 16.5. The van der Waals surface area contributed by atoms with Crippen LogP contribution in [0.1, 0.15) is 36.5 Å². The molecule has 0 saturated heterocycles. The first-order valence-electron chi connectivity index (χ1n) is 6.68. The summed E-state index contributed by atoms with van der Waals surface area (Å²) in [4.78, 5) is 22.6. The van der Waals surface area contributed by atoms with Crippen molar-refractivity contribution in [2.24, 2.45) is 0 Å². The van der Waals surface area contributed by atoms with Crippen molar-refractivity contribution in [1.82, 2.24) is 0 Å². The number of carbonyl (C=O) groups excluding carboxylic acids is 1. The Kier molecular flexibility index (Phi) is 4.29. The Hall–Kier alpha value is -1.92. The van der Waals surface area contributed by atoms with Crippen molar-refractivity contribution >= 4 is 11.9 Å². The van der Waals surface area contributed by atoms with Gasteiger partial charge in [0.2, 0.25) is 0 Å². The van der Waals surface area contributed by atoms with Gasteiger partial charge in [-0.25, -0.2) is 0 Å². The Labute approximate surface area is 122 Å². The van der Waals surface area contributed by atoms with Crippen LogP contribution in [0.4, 0.5) is 0 Å². The van der Waals surface area contributed by atoms with E-state index in [2.05, 4.69) is 4.74 Å². The number of rotatable bonds is 6. The number of ether oxygens (including phenoxy) is 1. The molecule has 0 radical (unpaired) electrons. The highest BCUT2D eigenvalue weighted by Gasteiger charge is 2.53. The summed E-state index contributed by atoms with van der Waals surface area (Å²) in [5.41, 5.74) is -0.148. The van der Waals surface area contributed by atoms with E-state index in [9.17, 15) is 24.9 Å². The molecule has 1 fully saturated rings. The second-order valence-electron chi connectivity index (χ2n) is 5.27. The third kappa shape index (κ3) is 2.91. The van der Waals surface area contributed by atoms with Gasteiger partial charge in [-0.15, -0.1) is 0 Å². The molecular formula is C15H18O6. The molecule has 1 aromatic rings. The van der Waals surface area contributed by atoms with Crippen molar-refractivity contribution in [3.8, 4) is 0 Å².